The molecular weight excluding hydrogens is 358 g/mol. The fourth-order valence-corrected chi connectivity index (χ4v) is 3.45. The first-order valence-corrected chi connectivity index (χ1v) is 9.44. The van der Waals surface area contributed by atoms with Crippen LogP contribution in [0.3, 0.4) is 0 Å². The lowest BCUT2D eigenvalue weighted by Crippen LogP contribution is -2.51. The molecule has 0 atom stereocenters. The van der Waals surface area contributed by atoms with Gasteiger partial charge in [0.1, 0.15) is 18.1 Å². The van der Waals surface area contributed by atoms with Crippen molar-refractivity contribution in [2.75, 3.05) is 37.7 Å². The molecule has 142 valence electrons. The van der Waals surface area contributed by atoms with E-state index < -0.39 is 0 Å². The van der Waals surface area contributed by atoms with Gasteiger partial charge in [0.25, 0.3) is 0 Å². The van der Waals surface area contributed by atoms with Gasteiger partial charge in [-0.2, -0.15) is 0 Å². The maximum absolute atomic E-state index is 9.65. The molecule has 0 spiro atoms. The number of thiocarbonyl (C=S) groups is 1. The molecule has 6 heteroatoms. The Morgan fingerprint density at radius 2 is 2.07 bits per heavy atom. The normalized spacial score (nSPS) is 18.9. The lowest BCUT2D eigenvalue weighted by Gasteiger charge is -2.37. The highest BCUT2D eigenvalue weighted by Crippen LogP contribution is 2.26. The minimum Gasteiger partial charge on any atom is -0.508 e. The van der Waals surface area contributed by atoms with Gasteiger partial charge in [0, 0.05) is 55.3 Å². The number of piperazine rings is 1. The predicted octanol–water partition coefficient (Wildman–Crippen LogP) is 3.32. The molecule has 0 aromatic heterocycles. The molecule has 1 fully saturated rings. The maximum Gasteiger partial charge on any atom is 0.173 e. The van der Waals surface area contributed by atoms with Gasteiger partial charge in [0.05, 0.1) is 0 Å². The van der Waals surface area contributed by atoms with Crippen molar-refractivity contribution in [2.24, 2.45) is 0 Å². The molecule has 5 nitrogen and oxygen atoms in total. The number of phenols is 1. The highest BCUT2D eigenvalue weighted by molar-refractivity contribution is 7.80. The molecule has 27 heavy (non-hydrogen) atoms. The average Bonchev–Trinajstić information content (AvgIpc) is 3.08. The van der Waals surface area contributed by atoms with Crippen molar-refractivity contribution in [3.8, 4) is 5.75 Å². The Morgan fingerprint density at radius 3 is 2.74 bits per heavy atom. The van der Waals surface area contributed by atoms with Gasteiger partial charge in [-0.3, -0.25) is 0 Å². The van der Waals surface area contributed by atoms with Crippen LogP contribution in [0.15, 0.2) is 72.2 Å². The molecule has 0 saturated carbocycles. The van der Waals surface area contributed by atoms with E-state index in [-0.39, 0.29) is 0 Å². The van der Waals surface area contributed by atoms with Crippen LogP contribution in [0.25, 0.3) is 0 Å². The van der Waals surface area contributed by atoms with Gasteiger partial charge in [-0.05, 0) is 37.4 Å². The van der Waals surface area contributed by atoms with Crippen LogP contribution in [0, 0.1) is 0 Å². The lowest BCUT2D eigenvalue weighted by molar-refractivity contribution is 0.274. The molecule has 0 bridgehead atoms. The van der Waals surface area contributed by atoms with E-state index in [1.54, 1.807) is 12.1 Å². The van der Waals surface area contributed by atoms with Gasteiger partial charge in [0.2, 0.25) is 0 Å². The highest BCUT2D eigenvalue weighted by Gasteiger charge is 2.20. The molecule has 2 N–H and O–H groups in total. The number of ether oxygens (including phenoxy) is 1. The maximum atomic E-state index is 9.65. The molecule has 2 heterocycles. The van der Waals surface area contributed by atoms with Crippen LogP contribution in [0.2, 0.25) is 0 Å². The Hall–Kier alpha value is -2.73. The van der Waals surface area contributed by atoms with E-state index in [4.69, 9.17) is 17.0 Å². The van der Waals surface area contributed by atoms with Crippen LogP contribution >= 0.6 is 12.2 Å². The van der Waals surface area contributed by atoms with Gasteiger partial charge in [0.15, 0.2) is 5.11 Å². The molecule has 1 aromatic carbocycles. The molecule has 0 amide bonds. The molecule has 3 rings (SSSR count). The molecule has 1 aromatic rings. The van der Waals surface area contributed by atoms with E-state index in [2.05, 4.69) is 21.7 Å². The second-order valence-electron chi connectivity index (χ2n) is 6.38. The smallest absolute Gasteiger partial charge is 0.173 e. The number of nitrogens with one attached hydrogen (secondary N) is 1. The fourth-order valence-electron chi connectivity index (χ4n) is 3.21. The molecular formula is C21H25N3O2S. The van der Waals surface area contributed by atoms with E-state index in [0.717, 1.165) is 48.8 Å². The van der Waals surface area contributed by atoms with E-state index >= 15 is 0 Å². The van der Waals surface area contributed by atoms with Crippen molar-refractivity contribution in [3.05, 3.63) is 72.2 Å². The monoisotopic (exact) mass is 383 g/mol. The number of hydrogen-bond donors (Lipinski definition) is 2. The molecule has 0 unspecified atom stereocenters. The minimum absolute atomic E-state index is 0.292. The summed E-state index contributed by atoms with van der Waals surface area (Å²) in [5, 5.41) is 13.6. The Balaban J connectivity index is 1.56. The summed E-state index contributed by atoms with van der Waals surface area (Å²) in [6, 6.07) is 7.36. The zero-order valence-electron chi connectivity index (χ0n) is 15.5. The van der Waals surface area contributed by atoms with Crippen molar-refractivity contribution in [1.82, 2.24) is 10.2 Å². The summed E-state index contributed by atoms with van der Waals surface area (Å²) in [6.45, 7) is 9.72. The summed E-state index contributed by atoms with van der Waals surface area (Å²) in [7, 11) is 0. The Kier molecular flexibility index (Phi) is 6.19. The van der Waals surface area contributed by atoms with E-state index in [1.807, 2.05) is 43.5 Å². The lowest BCUT2D eigenvalue weighted by atomic mass is 10.1. The first-order chi connectivity index (χ1) is 13.1. The number of benzene rings is 1. The summed E-state index contributed by atoms with van der Waals surface area (Å²) >= 11 is 5.56. The largest absolute Gasteiger partial charge is 0.508 e. The molecule has 0 radical (unpaired) electrons. The van der Waals surface area contributed by atoms with Crippen LogP contribution in [0.1, 0.15) is 6.92 Å². The topological polar surface area (TPSA) is 48.0 Å². The summed E-state index contributed by atoms with van der Waals surface area (Å²) in [4.78, 5) is 4.41. The number of anilines is 1. The Morgan fingerprint density at radius 1 is 1.30 bits per heavy atom. The zero-order valence-corrected chi connectivity index (χ0v) is 16.3. The fraction of sp³-hybridized carbons (Fsp3) is 0.286. The first kappa shape index (κ1) is 19.0. The van der Waals surface area contributed by atoms with Crippen molar-refractivity contribution in [3.63, 3.8) is 0 Å². The van der Waals surface area contributed by atoms with Crippen LogP contribution in [-0.4, -0.2) is 47.9 Å². The van der Waals surface area contributed by atoms with Crippen LogP contribution in [0.4, 0.5) is 5.69 Å². The van der Waals surface area contributed by atoms with Gasteiger partial charge >= 0.3 is 0 Å². The van der Waals surface area contributed by atoms with Gasteiger partial charge in [-0.15, -0.1) is 0 Å². The number of nitrogens with zero attached hydrogens (tertiary/aromatic N) is 2. The van der Waals surface area contributed by atoms with Crippen molar-refractivity contribution in [1.29, 1.82) is 0 Å². The molecule has 2 aliphatic heterocycles. The second-order valence-corrected chi connectivity index (χ2v) is 6.77. The van der Waals surface area contributed by atoms with Crippen molar-refractivity contribution in [2.45, 2.75) is 6.92 Å². The Bertz CT molecular complexity index is 805. The van der Waals surface area contributed by atoms with Gasteiger partial charge in [-0.25, -0.2) is 0 Å². The van der Waals surface area contributed by atoms with Crippen molar-refractivity contribution >= 4 is 23.0 Å². The minimum atomic E-state index is 0.292. The first-order valence-electron chi connectivity index (χ1n) is 9.03. The summed E-state index contributed by atoms with van der Waals surface area (Å²) in [5.74, 6) is 1.13. The van der Waals surface area contributed by atoms with E-state index in [9.17, 15) is 5.11 Å². The van der Waals surface area contributed by atoms with Crippen molar-refractivity contribution < 1.29 is 9.84 Å². The van der Waals surface area contributed by atoms with E-state index in [0.29, 0.717) is 17.5 Å². The number of aromatic hydroxyl groups is 1. The van der Waals surface area contributed by atoms with Gasteiger partial charge in [-0.1, -0.05) is 24.8 Å². The predicted molar refractivity (Wildman–Crippen MR) is 114 cm³/mol. The third kappa shape index (κ3) is 4.52. The average molecular weight is 384 g/mol. The third-order valence-electron chi connectivity index (χ3n) is 4.65. The molecule has 1 saturated heterocycles. The molecule has 0 aliphatic carbocycles. The van der Waals surface area contributed by atoms with Gasteiger partial charge < -0.3 is 25.0 Å². The van der Waals surface area contributed by atoms with Crippen LogP contribution in [0.5, 0.6) is 5.75 Å². The number of allylic oxidation sites excluding steroid dienone is 3. The van der Waals surface area contributed by atoms with Crippen LogP contribution in [-0.2, 0) is 4.74 Å². The number of phenolic OH excluding ortho intramolecular Hbond substituents is 1. The number of hydrogen-bond acceptors (Lipinski definition) is 4. The molecule has 2 aliphatic rings. The summed E-state index contributed by atoms with van der Waals surface area (Å²) < 4.78 is 5.69. The highest BCUT2D eigenvalue weighted by atomic mass is 32.1. The number of rotatable bonds is 4. The quantitative estimate of drug-likeness (QED) is 0.778. The third-order valence-corrected chi connectivity index (χ3v) is 5.02. The second kappa shape index (κ2) is 8.77. The van der Waals surface area contributed by atoms with Crippen LogP contribution < -0.4 is 10.2 Å². The zero-order chi connectivity index (χ0) is 19.2. The SMILES string of the molecule is C=CC1=C(/C=C\C)OC/C1=C/NC(=S)N1CCN(c2cccc(O)c2)CC1. The summed E-state index contributed by atoms with van der Waals surface area (Å²) in [6.07, 6.45) is 7.62. The van der Waals surface area contributed by atoms with E-state index in [1.165, 1.54) is 0 Å². The standard InChI is InChI=1S/C21H25N3O2S/c1-3-6-20-19(4-2)16(15-26-20)14-22-21(27)24-11-9-23(10-12-24)17-7-5-8-18(25)13-17/h3-8,13-14,25H,2,9-12,15H2,1H3,(H,22,27)/b6-3-,16-14-. The Labute approximate surface area is 165 Å². The summed E-state index contributed by atoms with van der Waals surface area (Å²) in [5.41, 5.74) is 3.08.